The second-order valence-corrected chi connectivity index (χ2v) is 3.37. The van der Waals surface area contributed by atoms with E-state index in [4.69, 9.17) is 0 Å². The lowest BCUT2D eigenvalue weighted by atomic mass is 10.1. The van der Waals surface area contributed by atoms with Gasteiger partial charge < -0.3 is 0 Å². The van der Waals surface area contributed by atoms with Crippen molar-refractivity contribution >= 4 is 22.6 Å². The Kier molecular flexibility index (Phi) is 5.55. The summed E-state index contributed by atoms with van der Waals surface area (Å²) in [6, 6.07) is 0. The molecule has 0 aliphatic rings. The third-order valence-corrected chi connectivity index (χ3v) is 3.07. The highest BCUT2D eigenvalue weighted by Gasteiger charge is 1.95. The molecule has 0 spiro atoms. The number of allylic oxidation sites excluding steroid dienone is 2. The van der Waals surface area contributed by atoms with Crippen molar-refractivity contribution in [2.75, 3.05) is 0 Å². The van der Waals surface area contributed by atoms with Crippen LogP contribution in [-0.4, -0.2) is 0 Å². The van der Waals surface area contributed by atoms with E-state index in [0.29, 0.717) is 0 Å². The topological polar surface area (TPSA) is 0 Å². The molecule has 0 bridgehead atoms. The van der Waals surface area contributed by atoms with Gasteiger partial charge in [-0.1, -0.05) is 26.3 Å². The van der Waals surface area contributed by atoms with Crippen LogP contribution in [0.15, 0.2) is 9.15 Å². The van der Waals surface area contributed by atoms with Crippen LogP contribution in [0.4, 0.5) is 0 Å². The first-order valence-electron chi connectivity index (χ1n) is 3.62. The highest BCUT2D eigenvalue weighted by Crippen LogP contribution is 2.21. The summed E-state index contributed by atoms with van der Waals surface area (Å²) in [4.78, 5) is 0. The monoisotopic (exact) mass is 238 g/mol. The smallest absolute Gasteiger partial charge is 0.0105 e. The van der Waals surface area contributed by atoms with Crippen LogP contribution < -0.4 is 0 Å². The van der Waals surface area contributed by atoms with Crippen molar-refractivity contribution < 1.29 is 0 Å². The minimum Gasteiger partial charge on any atom is -0.0616 e. The van der Waals surface area contributed by atoms with Gasteiger partial charge >= 0.3 is 0 Å². The second-order valence-electron chi connectivity index (χ2n) is 2.07. The SMILES string of the molecule is CCC(I)=C(CC)CC. The molecule has 0 rings (SSSR count). The van der Waals surface area contributed by atoms with Crippen molar-refractivity contribution in [1.29, 1.82) is 0 Å². The summed E-state index contributed by atoms with van der Waals surface area (Å²) in [6.45, 7) is 6.67. The lowest BCUT2D eigenvalue weighted by Crippen LogP contribution is -1.80. The predicted octanol–water partition coefficient (Wildman–Crippen LogP) is 3.91. The van der Waals surface area contributed by atoms with Gasteiger partial charge in [-0.3, -0.25) is 0 Å². The molecule has 0 radical (unpaired) electrons. The van der Waals surface area contributed by atoms with E-state index in [-0.39, 0.29) is 0 Å². The quantitative estimate of drug-likeness (QED) is 0.654. The Morgan fingerprint density at radius 3 is 1.56 bits per heavy atom. The molecule has 0 nitrogen and oxygen atoms in total. The van der Waals surface area contributed by atoms with Gasteiger partial charge in [0, 0.05) is 0 Å². The molecule has 0 atom stereocenters. The van der Waals surface area contributed by atoms with Gasteiger partial charge in [0.1, 0.15) is 0 Å². The minimum atomic E-state index is 1.21. The van der Waals surface area contributed by atoms with E-state index >= 15 is 0 Å². The molecule has 0 saturated carbocycles. The highest BCUT2D eigenvalue weighted by molar-refractivity contribution is 14.1. The molecule has 0 amide bonds. The van der Waals surface area contributed by atoms with E-state index < -0.39 is 0 Å². The largest absolute Gasteiger partial charge is 0.0616 e. The number of rotatable bonds is 3. The van der Waals surface area contributed by atoms with E-state index in [9.17, 15) is 0 Å². The first-order valence-corrected chi connectivity index (χ1v) is 4.70. The normalized spacial score (nSPS) is 9.33. The van der Waals surface area contributed by atoms with E-state index in [1.807, 2.05) is 0 Å². The molecular weight excluding hydrogens is 223 g/mol. The molecule has 0 aliphatic carbocycles. The zero-order chi connectivity index (χ0) is 7.28. The molecule has 0 aromatic heterocycles. The molecule has 0 aromatic carbocycles. The van der Waals surface area contributed by atoms with Crippen LogP contribution in [0.5, 0.6) is 0 Å². The first-order chi connectivity index (χ1) is 4.26. The van der Waals surface area contributed by atoms with Crippen LogP contribution in [0.2, 0.25) is 0 Å². The fraction of sp³-hybridized carbons (Fsp3) is 0.750. The Labute approximate surface area is 71.9 Å². The third-order valence-electron chi connectivity index (χ3n) is 1.55. The average molecular weight is 238 g/mol. The summed E-state index contributed by atoms with van der Waals surface area (Å²) < 4.78 is 1.55. The Balaban J connectivity index is 4.01. The summed E-state index contributed by atoms with van der Waals surface area (Å²) in [7, 11) is 0. The average Bonchev–Trinajstić information content (AvgIpc) is 1.90. The Hall–Kier alpha value is 0.470. The van der Waals surface area contributed by atoms with Gasteiger partial charge in [-0.05, 0) is 45.4 Å². The zero-order valence-electron chi connectivity index (χ0n) is 6.50. The highest BCUT2D eigenvalue weighted by atomic mass is 127. The van der Waals surface area contributed by atoms with Crippen molar-refractivity contribution in [3.05, 3.63) is 9.15 Å². The van der Waals surface area contributed by atoms with Crippen molar-refractivity contribution in [3.8, 4) is 0 Å². The molecule has 0 aromatic rings. The predicted molar refractivity (Wildman–Crippen MR) is 51.9 cm³/mol. The van der Waals surface area contributed by atoms with Crippen molar-refractivity contribution in [2.24, 2.45) is 0 Å². The second kappa shape index (κ2) is 5.27. The summed E-state index contributed by atoms with van der Waals surface area (Å²) in [5.74, 6) is 0. The van der Waals surface area contributed by atoms with Crippen LogP contribution in [0.3, 0.4) is 0 Å². The third kappa shape index (κ3) is 3.23. The van der Waals surface area contributed by atoms with Crippen molar-refractivity contribution in [3.63, 3.8) is 0 Å². The minimum absolute atomic E-state index is 1.21. The van der Waals surface area contributed by atoms with Gasteiger partial charge in [0.05, 0.1) is 0 Å². The molecule has 0 saturated heterocycles. The fourth-order valence-electron chi connectivity index (χ4n) is 0.884. The van der Waals surface area contributed by atoms with Gasteiger partial charge in [0.2, 0.25) is 0 Å². The van der Waals surface area contributed by atoms with E-state index in [1.54, 1.807) is 9.15 Å². The maximum absolute atomic E-state index is 2.45. The lowest BCUT2D eigenvalue weighted by Gasteiger charge is -2.02. The molecule has 0 fully saturated rings. The Morgan fingerprint density at radius 2 is 1.44 bits per heavy atom. The summed E-state index contributed by atoms with van der Waals surface area (Å²) in [5, 5.41) is 0. The molecule has 9 heavy (non-hydrogen) atoms. The zero-order valence-corrected chi connectivity index (χ0v) is 8.66. The standard InChI is InChI=1S/C8H15I/c1-4-7(5-2)8(9)6-3/h4-6H2,1-3H3. The van der Waals surface area contributed by atoms with E-state index in [2.05, 4.69) is 43.4 Å². The van der Waals surface area contributed by atoms with Crippen LogP contribution in [0.25, 0.3) is 0 Å². The number of hydrogen-bond donors (Lipinski definition) is 0. The first kappa shape index (κ1) is 9.47. The lowest BCUT2D eigenvalue weighted by molar-refractivity contribution is 0.951. The fourth-order valence-corrected chi connectivity index (χ4v) is 1.65. The van der Waals surface area contributed by atoms with Gasteiger partial charge in [-0.2, -0.15) is 0 Å². The maximum Gasteiger partial charge on any atom is -0.0105 e. The summed E-state index contributed by atoms with van der Waals surface area (Å²) >= 11 is 2.45. The van der Waals surface area contributed by atoms with E-state index in [1.165, 1.54) is 19.3 Å². The summed E-state index contributed by atoms with van der Waals surface area (Å²) in [6.07, 6.45) is 3.66. The molecule has 0 N–H and O–H groups in total. The van der Waals surface area contributed by atoms with Crippen LogP contribution in [0.1, 0.15) is 40.0 Å². The van der Waals surface area contributed by atoms with Crippen LogP contribution >= 0.6 is 22.6 Å². The molecule has 0 unspecified atom stereocenters. The van der Waals surface area contributed by atoms with Gasteiger partial charge in [0.15, 0.2) is 0 Å². The summed E-state index contributed by atoms with van der Waals surface area (Å²) in [5.41, 5.74) is 1.62. The molecule has 0 heterocycles. The number of hydrogen-bond acceptors (Lipinski definition) is 0. The number of halogens is 1. The van der Waals surface area contributed by atoms with Gasteiger partial charge in [-0.25, -0.2) is 0 Å². The van der Waals surface area contributed by atoms with Gasteiger partial charge in [0.25, 0.3) is 0 Å². The Bertz CT molecular complexity index is 97.1. The maximum atomic E-state index is 2.45. The van der Waals surface area contributed by atoms with Crippen LogP contribution in [-0.2, 0) is 0 Å². The Morgan fingerprint density at radius 1 is 1.00 bits per heavy atom. The van der Waals surface area contributed by atoms with Crippen molar-refractivity contribution in [1.82, 2.24) is 0 Å². The molecular formula is C8H15I. The van der Waals surface area contributed by atoms with Crippen LogP contribution in [0, 0.1) is 0 Å². The molecule has 54 valence electrons. The van der Waals surface area contributed by atoms with Gasteiger partial charge in [-0.15, -0.1) is 0 Å². The molecule has 0 aliphatic heterocycles. The molecule has 1 heteroatoms. The van der Waals surface area contributed by atoms with Crippen molar-refractivity contribution in [2.45, 2.75) is 40.0 Å². The van der Waals surface area contributed by atoms with E-state index in [0.717, 1.165) is 0 Å².